The van der Waals surface area contributed by atoms with Crippen LogP contribution in [0.1, 0.15) is 64.7 Å². The van der Waals surface area contributed by atoms with Gasteiger partial charge in [-0.15, -0.1) is 0 Å². The Labute approximate surface area is 126 Å². The molecule has 0 heterocycles. The van der Waals surface area contributed by atoms with Crippen molar-refractivity contribution in [3.8, 4) is 0 Å². The lowest BCUT2D eigenvalue weighted by Crippen LogP contribution is -1.90. The predicted molar refractivity (Wildman–Crippen MR) is 97.4 cm³/mol. The van der Waals surface area contributed by atoms with Crippen LogP contribution in [0, 0.1) is 0 Å². The molecular weight excluding hydrogens is 268 g/mol. The summed E-state index contributed by atoms with van der Waals surface area (Å²) in [5, 5.41) is 0. The van der Waals surface area contributed by atoms with Crippen molar-refractivity contribution < 1.29 is 0 Å². The first-order valence-electron chi connectivity index (χ1n) is 8.52. The molecule has 0 spiro atoms. The summed E-state index contributed by atoms with van der Waals surface area (Å²) in [7, 11) is 0.632. The Kier molecular flexibility index (Phi) is 18.6. The zero-order valence-electron chi connectivity index (χ0n) is 12.8. The average Bonchev–Trinajstić information content (AvgIpc) is 2.39. The number of thiol groups is 1. The molecule has 0 nitrogen and oxygen atoms in total. The van der Waals surface area contributed by atoms with Gasteiger partial charge in [-0.1, -0.05) is 88.9 Å². The van der Waals surface area contributed by atoms with E-state index in [0.717, 1.165) is 5.75 Å². The Bertz CT molecular complexity index is 126. The van der Waals surface area contributed by atoms with Gasteiger partial charge in [0.05, 0.1) is 0 Å². The van der Waals surface area contributed by atoms with Crippen LogP contribution in [-0.4, -0.2) is 24.8 Å². The highest BCUT2D eigenvalue weighted by atomic mass is 32.1. The summed E-state index contributed by atoms with van der Waals surface area (Å²) in [6, 6.07) is 6.22. The van der Waals surface area contributed by atoms with Gasteiger partial charge in [0, 0.05) is 19.0 Å². The number of unbranched alkanes of at least 4 members (excludes halogenated alkanes) is 7. The molecule has 0 radical (unpaired) electrons. The third-order valence-electron chi connectivity index (χ3n) is 3.76. The highest BCUT2D eigenvalue weighted by molar-refractivity contribution is 7.80. The van der Waals surface area contributed by atoms with Crippen LogP contribution in [-0.2, 0) is 0 Å². The van der Waals surface area contributed by atoms with Gasteiger partial charge >= 0.3 is 0 Å². The molecule has 0 aliphatic rings. The van der Waals surface area contributed by atoms with Gasteiger partial charge in [0.25, 0.3) is 0 Å². The van der Waals surface area contributed by atoms with Gasteiger partial charge in [0.2, 0.25) is 0 Å². The summed E-state index contributed by atoms with van der Waals surface area (Å²) in [5.74, 6) is 1.13. The minimum absolute atomic E-state index is 0.281. The van der Waals surface area contributed by atoms with Crippen LogP contribution in [0.15, 0.2) is 0 Å². The SMILES string of the molecule is CCC[SiH2]CCCCCCCCCC[SiH2]CCS. The van der Waals surface area contributed by atoms with Gasteiger partial charge in [-0.2, -0.15) is 12.6 Å². The summed E-state index contributed by atoms with van der Waals surface area (Å²) in [4.78, 5) is 0. The lowest BCUT2D eigenvalue weighted by Gasteiger charge is -2.02. The lowest BCUT2D eigenvalue weighted by molar-refractivity contribution is 0.584. The Balaban J connectivity index is 2.86. The first kappa shape index (κ1) is 18.8. The molecule has 110 valence electrons. The van der Waals surface area contributed by atoms with E-state index in [9.17, 15) is 0 Å². The quantitative estimate of drug-likeness (QED) is 0.258. The average molecular weight is 305 g/mol. The molecule has 0 fully saturated rings. The third kappa shape index (κ3) is 16.8. The van der Waals surface area contributed by atoms with Gasteiger partial charge in [-0.3, -0.25) is 0 Å². The van der Waals surface area contributed by atoms with Crippen molar-refractivity contribution in [2.24, 2.45) is 0 Å². The largest absolute Gasteiger partial charge is 0.180 e. The van der Waals surface area contributed by atoms with E-state index in [1.807, 2.05) is 0 Å². The van der Waals surface area contributed by atoms with Crippen LogP contribution in [0.4, 0.5) is 0 Å². The predicted octanol–water partition coefficient (Wildman–Crippen LogP) is 4.46. The second-order valence-corrected chi connectivity index (χ2v) is 10.4. The smallest absolute Gasteiger partial charge is 0.0206 e. The van der Waals surface area contributed by atoms with Crippen molar-refractivity contribution in [2.45, 2.75) is 88.9 Å². The lowest BCUT2D eigenvalue weighted by atomic mass is 10.1. The molecule has 0 amide bonds. The van der Waals surface area contributed by atoms with E-state index < -0.39 is 0 Å². The maximum Gasteiger partial charge on any atom is 0.0206 e. The minimum Gasteiger partial charge on any atom is -0.180 e. The monoisotopic (exact) mass is 304 g/mol. The first-order chi connectivity index (χ1) is 8.91. The highest BCUT2D eigenvalue weighted by Crippen LogP contribution is 2.11. The molecule has 18 heavy (non-hydrogen) atoms. The molecule has 0 aliphatic heterocycles. The number of hydrogen-bond acceptors (Lipinski definition) is 1. The molecule has 0 saturated heterocycles. The van der Waals surface area contributed by atoms with E-state index in [4.69, 9.17) is 0 Å². The molecule has 0 aromatic carbocycles. The molecule has 0 rings (SSSR count). The van der Waals surface area contributed by atoms with Crippen LogP contribution in [0.5, 0.6) is 0 Å². The molecule has 0 saturated carbocycles. The van der Waals surface area contributed by atoms with E-state index in [2.05, 4.69) is 19.6 Å². The maximum atomic E-state index is 4.28. The molecule has 0 N–H and O–H groups in total. The first-order valence-corrected chi connectivity index (χ1v) is 13.2. The zero-order valence-corrected chi connectivity index (χ0v) is 16.5. The van der Waals surface area contributed by atoms with Gasteiger partial charge in [-0.25, -0.2) is 0 Å². The van der Waals surface area contributed by atoms with Crippen molar-refractivity contribution in [2.75, 3.05) is 5.75 Å². The van der Waals surface area contributed by atoms with Crippen LogP contribution in [0.2, 0.25) is 24.2 Å². The van der Waals surface area contributed by atoms with Gasteiger partial charge in [0.1, 0.15) is 0 Å². The van der Waals surface area contributed by atoms with Crippen molar-refractivity contribution in [1.29, 1.82) is 0 Å². The van der Waals surface area contributed by atoms with E-state index >= 15 is 0 Å². The van der Waals surface area contributed by atoms with Crippen LogP contribution < -0.4 is 0 Å². The van der Waals surface area contributed by atoms with E-state index in [0.29, 0.717) is 9.52 Å². The maximum absolute atomic E-state index is 4.28. The summed E-state index contributed by atoms with van der Waals surface area (Å²) in [5.41, 5.74) is 0. The highest BCUT2D eigenvalue weighted by Gasteiger charge is 1.94. The summed E-state index contributed by atoms with van der Waals surface area (Å²) >= 11 is 4.28. The Morgan fingerprint density at radius 2 is 1.06 bits per heavy atom. The van der Waals surface area contributed by atoms with Gasteiger partial charge in [0.15, 0.2) is 0 Å². The topological polar surface area (TPSA) is 0 Å². The van der Waals surface area contributed by atoms with Crippen LogP contribution >= 0.6 is 12.6 Å². The molecule has 0 aromatic rings. The zero-order chi connectivity index (χ0) is 13.3. The van der Waals surface area contributed by atoms with Crippen LogP contribution in [0.3, 0.4) is 0 Å². The second-order valence-electron chi connectivity index (χ2n) is 5.67. The number of hydrogen-bond donors (Lipinski definition) is 1. The molecule has 0 unspecified atom stereocenters. The van der Waals surface area contributed by atoms with Crippen LogP contribution in [0.25, 0.3) is 0 Å². The summed E-state index contributed by atoms with van der Waals surface area (Å²) < 4.78 is 0. The Hall–Kier alpha value is 0.784. The van der Waals surface area contributed by atoms with Crippen molar-refractivity contribution in [3.63, 3.8) is 0 Å². The summed E-state index contributed by atoms with van der Waals surface area (Å²) in [6.45, 7) is 2.33. The molecule has 0 atom stereocenters. The molecule has 0 aromatic heterocycles. The molecule has 0 aliphatic carbocycles. The fourth-order valence-corrected chi connectivity index (χ4v) is 6.00. The van der Waals surface area contributed by atoms with Crippen molar-refractivity contribution in [1.82, 2.24) is 0 Å². The molecule has 0 bridgehead atoms. The van der Waals surface area contributed by atoms with Crippen molar-refractivity contribution >= 4 is 31.7 Å². The Morgan fingerprint density at radius 1 is 0.611 bits per heavy atom. The van der Waals surface area contributed by atoms with E-state index in [1.54, 1.807) is 24.6 Å². The number of rotatable bonds is 15. The third-order valence-corrected chi connectivity index (χ3v) is 8.73. The molecule has 3 heteroatoms. The fraction of sp³-hybridized carbons (Fsp3) is 1.00. The molecular formula is C15H36SSi2. The minimum atomic E-state index is 0.281. The standard InChI is InChI=1S/C15H36SSi2/c1-2-12-17-13-9-7-5-3-4-6-8-10-14-18-15-11-16/h16H,2-15,17-18H2,1H3. The summed E-state index contributed by atoms with van der Waals surface area (Å²) in [6.07, 6.45) is 13.5. The fourth-order valence-electron chi connectivity index (χ4n) is 2.48. The van der Waals surface area contributed by atoms with Gasteiger partial charge in [-0.05, 0) is 5.75 Å². The van der Waals surface area contributed by atoms with E-state index in [1.165, 1.54) is 57.4 Å². The van der Waals surface area contributed by atoms with E-state index in [-0.39, 0.29) is 9.52 Å². The normalized spacial score (nSPS) is 12.3. The second kappa shape index (κ2) is 17.8. The Morgan fingerprint density at radius 3 is 1.50 bits per heavy atom. The van der Waals surface area contributed by atoms with Crippen molar-refractivity contribution in [3.05, 3.63) is 0 Å². The van der Waals surface area contributed by atoms with Gasteiger partial charge < -0.3 is 0 Å².